The highest BCUT2D eigenvalue weighted by Crippen LogP contribution is 2.28. The molecule has 1 atom stereocenters. The summed E-state index contributed by atoms with van der Waals surface area (Å²) >= 11 is 4.30. The van der Waals surface area contributed by atoms with Crippen LogP contribution in [0, 0.1) is 0 Å². The molecule has 20 heavy (non-hydrogen) atoms. The molecule has 2 nitrogen and oxygen atoms in total. The van der Waals surface area contributed by atoms with Gasteiger partial charge in [0, 0.05) is 29.5 Å². The Morgan fingerprint density at radius 2 is 1.90 bits per heavy atom. The van der Waals surface area contributed by atoms with E-state index in [1.807, 2.05) is 35.2 Å². The van der Waals surface area contributed by atoms with Gasteiger partial charge in [-0.05, 0) is 30.2 Å². The van der Waals surface area contributed by atoms with Gasteiger partial charge in [-0.2, -0.15) is 0 Å². The number of hydrogen-bond donors (Lipinski definition) is 1. The van der Waals surface area contributed by atoms with Crippen LogP contribution in [-0.2, 0) is 0 Å². The number of carbonyl (C=O) groups excluding carboxylic acids is 1. The predicted octanol–water partition coefficient (Wildman–Crippen LogP) is 3.61. The Hall–Kier alpha value is -1.74. The van der Waals surface area contributed by atoms with Crippen molar-refractivity contribution in [3.05, 3.63) is 65.7 Å². The molecule has 2 aromatic carbocycles. The van der Waals surface area contributed by atoms with E-state index in [9.17, 15) is 4.79 Å². The minimum atomic E-state index is 0.110. The van der Waals surface area contributed by atoms with Crippen molar-refractivity contribution < 1.29 is 4.79 Å². The van der Waals surface area contributed by atoms with Crippen LogP contribution < -0.4 is 0 Å². The van der Waals surface area contributed by atoms with Crippen molar-refractivity contribution in [2.45, 2.75) is 17.2 Å². The standard InChI is InChI=1S/C17H17NOS/c19-17(14-7-4-8-16(20)11-14)18-10-9-15(12-18)13-5-2-1-3-6-13/h1-8,11,15,20H,9-10,12H2. The second kappa shape index (κ2) is 5.71. The summed E-state index contributed by atoms with van der Waals surface area (Å²) in [6, 6.07) is 17.9. The molecule has 102 valence electrons. The van der Waals surface area contributed by atoms with Crippen molar-refractivity contribution in [2.75, 3.05) is 13.1 Å². The predicted molar refractivity (Wildman–Crippen MR) is 83.4 cm³/mol. The Morgan fingerprint density at radius 3 is 2.65 bits per heavy atom. The molecular formula is C17H17NOS. The fourth-order valence-corrected chi connectivity index (χ4v) is 2.99. The molecule has 1 aliphatic rings. The molecule has 0 saturated carbocycles. The molecule has 0 bridgehead atoms. The molecule has 1 saturated heterocycles. The molecule has 0 aromatic heterocycles. The summed E-state index contributed by atoms with van der Waals surface area (Å²) in [7, 11) is 0. The molecule has 1 heterocycles. The largest absolute Gasteiger partial charge is 0.338 e. The molecule has 1 fully saturated rings. The van der Waals surface area contributed by atoms with Crippen molar-refractivity contribution >= 4 is 18.5 Å². The van der Waals surface area contributed by atoms with Gasteiger partial charge in [-0.1, -0.05) is 36.4 Å². The van der Waals surface area contributed by atoms with Crippen LogP contribution in [-0.4, -0.2) is 23.9 Å². The molecule has 3 heteroatoms. The van der Waals surface area contributed by atoms with E-state index in [1.54, 1.807) is 0 Å². The first kappa shape index (κ1) is 13.3. The highest BCUT2D eigenvalue weighted by molar-refractivity contribution is 7.80. The van der Waals surface area contributed by atoms with Gasteiger partial charge in [0.1, 0.15) is 0 Å². The first-order chi connectivity index (χ1) is 9.74. The van der Waals surface area contributed by atoms with E-state index < -0.39 is 0 Å². The molecule has 3 rings (SSSR count). The van der Waals surface area contributed by atoms with Gasteiger partial charge in [-0.15, -0.1) is 12.6 Å². The molecular weight excluding hydrogens is 266 g/mol. The van der Waals surface area contributed by atoms with E-state index in [2.05, 4.69) is 36.9 Å². The molecule has 0 aliphatic carbocycles. The zero-order valence-electron chi connectivity index (χ0n) is 11.2. The maximum absolute atomic E-state index is 12.5. The lowest BCUT2D eigenvalue weighted by Crippen LogP contribution is -2.28. The summed E-state index contributed by atoms with van der Waals surface area (Å²) in [5, 5.41) is 0. The molecule has 0 N–H and O–H groups in total. The Kier molecular flexibility index (Phi) is 3.79. The van der Waals surface area contributed by atoms with Gasteiger partial charge >= 0.3 is 0 Å². The number of benzene rings is 2. The number of amides is 1. The zero-order chi connectivity index (χ0) is 13.9. The van der Waals surface area contributed by atoms with Crippen LogP contribution in [0.3, 0.4) is 0 Å². The van der Waals surface area contributed by atoms with Gasteiger partial charge in [0.25, 0.3) is 5.91 Å². The lowest BCUT2D eigenvalue weighted by atomic mass is 9.99. The number of thiol groups is 1. The van der Waals surface area contributed by atoms with Crippen molar-refractivity contribution in [3.63, 3.8) is 0 Å². The Bertz CT molecular complexity index is 611. The Balaban J connectivity index is 1.73. The van der Waals surface area contributed by atoms with Crippen LogP contribution in [0.5, 0.6) is 0 Å². The molecule has 0 radical (unpaired) electrons. The third kappa shape index (κ3) is 2.73. The van der Waals surface area contributed by atoms with Crippen LogP contribution in [0.2, 0.25) is 0 Å². The minimum absolute atomic E-state index is 0.110. The summed E-state index contributed by atoms with van der Waals surface area (Å²) in [6.07, 6.45) is 1.04. The molecule has 1 unspecified atom stereocenters. The van der Waals surface area contributed by atoms with Crippen molar-refractivity contribution in [3.8, 4) is 0 Å². The van der Waals surface area contributed by atoms with Gasteiger partial charge in [0.2, 0.25) is 0 Å². The molecule has 2 aromatic rings. The summed E-state index contributed by atoms with van der Waals surface area (Å²) in [4.78, 5) is 15.2. The number of nitrogens with zero attached hydrogens (tertiary/aromatic N) is 1. The summed E-state index contributed by atoms with van der Waals surface area (Å²) in [5.41, 5.74) is 2.05. The number of rotatable bonds is 2. The van der Waals surface area contributed by atoms with Crippen LogP contribution >= 0.6 is 12.6 Å². The average molecular weight is 283 g/mol. The first-order valence-electron chi connectivity index (χ1n) is 6.87. The van der Waals surface area contributed by atoms with Crippen LogP contribution in [0.15, 0.2) is 59.5 Å². The van der Waals surface area contributed by atoms with E-state index in [-0.39, 0.29) is 5.91 Å². The lowest BCUT2D eigenvalue weighted by Gasteiger charge is -2.17. The third-order valence-corrected chi connectivity index (χ3v) is 4.12. The number of hydrogen-bond acceptors (Lipinski definition) is 2. The van der Waals surface area contributed by atoms with Crippen LogP contribution in [0.1, 0.15) is 28.3 Å². The minimum Gasteiger partial charge on any atom is -0.338 e. The SMILES string of the molecule is O=C(c1cccc(S)c1)N1CCC(c2ccccc2)C1. The summed E-state index contributed by atoms with van der Waals surface area (Å²) in [6.45, 7) is 1.63. The maximum atomic E-state index is 12.5. The quantitative estimate of drug-likeness (QED) is 0.835. The summed E-state index contributed by atoms with van der Waals surface area (Å²) < 4.78 is 0. The zero-order valence-corrected chi connectivity index (χ0v) is 12.1. The van der Waals surface area contributed by atoms with Crippen molar-refractivity contribution in [1.82, 2.24) is 4.90 Å². The lowest BCUT2D eigenvalue weighted by molar-refractivity contribution is 0.0790. The highest BCUT2D eigenvalue weighted by Gasteiger charge is 2.27. The normalized spacial score (nSPS) is 18.2. The summed E-state index contributed by atoms with van der Waals surface area (Å²) in [5.74, 6) is 0.568. The second-order valence-electron chi connectivity index (χ2n) is 5.20. The third-order valence-electron chi connectivity index (χ3n) is 3.84. The van der Waals surface area contributed by atoms with E-state index >= 15 is 0 Å². The van der Waals surface area contributed by atoms with Gasteiger partial charge in [0.05, 0.1) is 0 Å². The Labute approximate surface area is 124 Å². The average Bonchev–Trinajstić information content (AvgIpc) is 2.97. The van der Waals surface area contributed by atoms with Crippen molar-refractivity contribution in [2.24, 2.45) is 0 Å². The highest BCUT2D eigenvalue weighted by atomic mass is 32.1. The monoisotopic (exact) mass is 283 g/mol. The first-order valence-corrected chi connectivity index (χ1v) is 7.32. The molecule has 1 amide bonds. The second-order valence-corrected chi connectivity index (χ2v) is 5.71. The smallest absolute Gasteiger partial charge is 0.253 e. The van der Waals surface area contributed by atoms with Gasteiger partial charge in [-0.3, -0.25) is 4.79 Å². The van der Waals surface area contributed by atoms with E-state index in [1.165, 1.54) is 5.56 Å². The van der Waals surface area contributed by atoms with Crippen molar-refractivity contribution in [1.29, 1.82) is 0 Å². The van der Waals surface area contributed by atoms with E-state index in [0.29, 0.717) is 5.92 Å². The molecule has 0 spiro atoms. The Morgan fingerprint density at radius 1 is 1.10 bits per heavy atom. The van der Waals surface area contributed by atoms with Gasteiger partial charge < -0.3 is 4.90 Å². The maximum Gasteiger partial charge on any atom is 0.253 e. The van der Waals surface area contributed by atoms with Gasteiger partial charge in [0.15, 0.2) is 0 Å². The van der Waals surface area contributed by atoms with E-state index in [0.717, 1.165) is 30.0 Å². The fraction of sp³-hybridized carbons (Fsp3) is 0.235. The fourth-order valence-electron chi connectivity index (χ4n) is 2.76. The van der Waals surface area contributed by atoms with Gasteiger partial charge in [-0.25, -0.2) is 0 Å². The topological polar surface area (TPSA) is 20.3 Å². The number of carbonyl (C=O) groups is 1. The van der Waals surface area contributed by atoms with Crippen LogP contribution in [0.4, 0.5) is 0 Å². The van der Waals surface area contributed by atoms with Crippen LogP contribution in [0.25, 0.3) is 0 Å². The molecule has 1 aliphatic heterocycles. The van der Waals surface area contributed by atoms with E-state index in [4.69, 9.17) is 0 Å². The number of likely N-dealkylation sites (tertiary alicyclic amines) is 1.